The van der Waals surface area contributed by atoms with E-state index in [-0.39, 0.29) is 18.2 Å². The zero-order valence-electron chi connectivity index (χ0n) is 10.4. The highest BCUT2D eigenvalue weighted by Crippen LogP contribution is 2.24. The predicted molar refractivity (Wildman–Crippen MR) is 60.3 cm³/mol. The van der Waals surface area contributed by atoms with Gasteiger partial charge in [-0.3, -0.25) is 4.79 Å². The van der Waals surface area contributed by atoms with Gasteiger partial charge in [0.2, 0.25) is 0 Å². The molecule has 0 aromatic rings. The van der Waals surface area contributed by atoms with E-state index < -0.39 is 0 Å². The summed E-state index contributed by atoms with van der Waals surface area (Å²) < 4.78 is 5.24. The molecule has 5 nitrogen and oxygen atoms in total. The molecule has 0 radical (unpaired) electrons. The lowest BCUT2D eigenvalue weighted by Gasteiger charge is -2.35. The Hall–Kier alpha value is -1.26. The van der Waals surface area contributed by atoms with Crippen LogP contribution in [-0.4, -0.2) is 41.3 Å². The lowest BCUT2D eigenvalue weighted by molar-refractivity contribution is -0.122. The third kappa shape index (κ3) is 5.58. The highest BCUT2D eigenvalue weighted by Gasteiger charge is 2.28. The van der Waals surface area contributed by atoms with Gasteiger partial charge in [-0.15, -0.1) is 0 Å². The quantitative estimate of drug-likeness (QED) is 0.702. The van der Waals surface area contributed by atoms with Crippen molar-refractivity contribution in [3.8, 4) is 0 Å². The number of ether oxygens (including phenoxy) is 1. The summed E-state index contributed by atoms with van der Waals surface area (Å²) in [6.07, 6.45) is 3.28. The SMILES string of the molecule is CN(C(=O)OC(C)(C)C)C1CCC1.O=CO. The smallest absolute Gasteiger partial charge is 0.410 e. The molecule has 1 aliphatic carbocycles. The number of nitrogens with zero attached hydrogens (tertiary/aromatic N) is 1. The molecule has 0 spiro atoms. The Bertz CT molecular complexity index is 231. The molecule has 0 saturated heterocycles. The molecule has 0 aromatic carbocycles. The van der Waals surface area contributed by atoms with Crippen LogP contribution in [0, 0.1) is 0 Å². The predicted octanol–water partition coefficient (Wildman–Crippen LogP) is 2.11. The van der Waals surface area contributed by atoms with Gasteiger partial charge in [0, 0.05) is 13.1 Å². The third-order valence-electron chi connectivity index (χ3n) is 2.30. The first kappa shape index (κ1) is 14.7. The van der Waals surface area contributed by atoms with E-state index in [4.69, 9.17) is 14.6 Å². The van der Waals surface area contributed by atoms with Gasteiger partial charge < -0.3 is 14.7 Å². The average molecular weight is 231 g/mol. The van der Waals surface area contributed by atoms with Gasteiger partial charge in [-0.2, -0.15) is 0 Å². The normalized spacial score (nSPS) is 15.2. The van der Waals surface area contributed by atoms with E-state index >= 15 is 0 Å². The van der Waals surface area contributed by atoms with Crippen LogP contribution in [0.25, 0.3) is 0 Å². The molecule has 1 saturated carbocycles. The fourth-order valence-electron chi connectivity index (χ4n) is 1.26. The Morgan fingerprint density at radius 1 is 1.44 bits per heavy atom. The maximum absolute atomic E-state index is 11.5. The number of hydrogen-bond donors (Lipinski definition) is 1. The van der Waals surface area contributed by atoms with Crippen LogP contribution in [0.15, 0.2) is 0 Å². The molecular formula is C11H21NO4. The number of carboxylic acid groups (broad SMARTS) is 1. The molecule has 0 aromatic heterocycles. The molecule has 1 rings (SSSR count). The van der Waals surface area contributed by atoms with Crippen molar-refractivity contribution in [1.82, 2.24) is 4.90 Å². The molecule has 1 fully saturated rings. The van der Waals surface area contributed by atoms with Gasteiger partial charge in [0.05, 0.1) is 0 Å². The molecule has 5 heteroatoms. The van der Waals surface area contributed by atoms with Gasteiger partial charge in [0.25, 0.3) is 6.47 Å². The van der Waals surface area contributed by atoms with Gasteiger partial charge in [-0.25, -0.2) is 4.79 Å². The summed E-state index contributed by atoms with van der Waals surface area (Å²) >= 11 is 0. The van der Waals surface area contributed by atoms with Crippen LogP contribution in [0.2, 0.25) is 0 Å². The van der Waals surface area contributed by atoms with Crippen molar-refractivity contribution in [2.24, 2.45) is 0 Å². The van der Waals surface area contributed by atoms with Crippen molar-refractivity contribution in [2.75, 3.05) is 7.05 Å². The maximum Gasteiger partial charge on any atom is 0.410 e. The first-order valence-corrected chi connectivity index (χ1v) is 5.35. The highest BCUT2D eigenvalue weighted by molar-refractivity contribution is 5.68. The number of amides is 1. The zero-order chi connectivity index (χ0) is 12.8. The minimum absolute atomic E-state index is 0.197. The standard InChI is InChI=1S/C10H19NO2.CH2O2/c1-10(2,3)13-9(12)11(4)8-6-5-7-8;2-1-3/h8H,5-7H2,1-4H3;1H,(H,2,3). The Morgan fingerprint density at radius 2 is 1.88 bits per heavy atom. The highest BCUT2D eigenvalue weighted by atomic mass is 16.6. The third-order valence-corrected chi connectivity index (χ3v) is 2.30. The Morgan fingerprint density at radius 3 is 2.12 bits per heavy atom. The van der Waals surface area contributed by atoms with E-state index in [0.717, 1.165) is 12.8 Å². The molecule has 94 valence electrons. The molecule has 1 N–H and O–H groups in total. The van der Waals surface area contributed by atoms with E-state index in [1.165, 1.54) is 6.42 Å². The van der Waals surface area contributed by atoms with Crippen LogP contribution in [-0.2, 0) is 9.53 Å². The molecule has 16 heavy (non-hydrogen) atoms. The number of rotatable bonds is 1. The minimum atomic E-state index is -0.380. The largest absolute Gasteiger partial charge is 0.483 e. The van der Waals surface area contributed by atoms with Crippen LogP contribution in [0.3, 0.4) is 0 Å². The summed E-state index contributed by atoms with van der Waals surface area (Å²) in [5, 5.41) is 6.89. The summed E-state index contributed by atoms with van der Waals surface area (Å²) in [7, 11) is 1.82. The van der Waals surface area contributed by atoms with Crippen molar-refractivity contribution in [3.05, 3.63) is 0 Å². The summed E-state index contributed by atoms with van der Waals surface area (Å²) in [5.74, 6) is 0. The van der Waals surface area contributed by atoms with Crippen LogP contribution < -0.4 is 0 Å². The molecular weight excluding hydrogens is 210 g/mol. The Kier molecular flexibility index (Phi) is 5.85. The Balaban J connectivity index is 0.000000673. The topological polar surface area (TPSA) is 66.8 Å². The van der Waals surface area contributed by atoms with Crippen molar-refractivity contribution >= 4 is 12.6 Å². The van der Waals surface area contributed by atoms with Gasteiger partial charge in [0.15, 0.2) is 0 Å². The van der Waals surface area contributed by atoms with Crippen molar-refractivity contribution in [3.63, 3.8) is 0 Å². The van der Waals surface area contributed by atoms with Crippen molar-refractivity contribution in [1.29, 1.82) is 0 Å². The van der Waals surface area contributed by atoms with Crippen LogP contribution >= 0.6 is 0 Å². The van der Waals surface area contributed by atoms with Gasteiger partial charge >= 0.3 is 6.09 Å². The van der Waals surface area contributed by atoms with E-state index in [9.17, 15) is 4.79 Å². The second-order valence-corrected chi connectivity index (χ2v) is 4.78. The molecule has 0 atom stereocenters. The van der Waals surface area contributed by atoms with Gasteiger partial charge in [0.1, 0.15) is 5.60 Å². The first-order chi connectivity index (χ1) is 7.31. The van der Waals surface area contributed by atoms with E-state index in [0.29, 0.717) is 6.04 Å². The van der Waals surface area contributed by atoms with Crippen LogP contribution in [0.5, 0.6) is 0 Å². The van der Waals surface area contributed by atoms with Crippen LogP contribution in [0.4, 0.5) is 4.79 Å². The lowest BCUT2D eigenvalue weighted by atomic mass is 9.92. The molecule has 0 heterocycles. The fourth-order valence-corrected chi connectivity index (χ4v) is 1.26. The molecule has 1 amide bonds. The van der Waals surface area contributed by atoms with E-state index in [1.807, 2.05) is 27.8 Å². The zero-order valence-corrected chi connectivity index (χ0v) is 10.4. The number of carbonyl (C=O) groups is 2. The molecule has 0 bridgehead atoms. The molecule has 1 aliphatic rings. The van der Waals surface area contributed by atoms with Gasteiger partial charge in [-0.1, -0.05) is 0 Å². The molecule has 0 unspecified atom stereocenters. The maximum atomic E-state index is 11.5. The van der Waals surface area contributed by atoms with E-state index in [1.54, 1.807) is 4.90 Å². The number of hydrogen-bond acceptors (Lipinski definition) is 3. The summed E-state index contributed by atoms with van der Waals surface area (Å²) in [5.41, 5.74) is -0.380. The first-order valence-electron chi connectivity index (χ1n) is 5.35. The minimum Gasteiger partial charge on any atom is -0.483 e. The monoisotopic (exact) mass is 231 g/mol. The second-order valence-electron chi connectivity index (χ2n) is 4.78. The molecule has 0 aliphatic heterocycles. The summed E-state index contributed by atoms with van der Waals surface area (Å²) in [6.45, 7) is 5.42. The second kappa shape index (κ2) is 6.35. The van der Waals surface area contributed by atoms with Crippen molar-refractivity contribution < 1.29 is 19.4 Å². The lowest BCUT2D eigenvalue weighted by Crippen LogP contribution is -2.43. The van der Waals surface area contributed by atoms with Crippen molar-refractivity contribution in [2.45, 2.75) is 51.7 Å². The van der Waals surface area contributed by atoms with Crippen LogP contribution in [0.1, 0.15) is 40.0 Å². The van der Waals surface area contributed by atoms with Gasteiger partial charge in [-0.05, 0) is 40.0 Å². The average Bonchev–Trinajstić information content (AvgIpc) is 1.98. The number of carbonyl (C=O) groups excluding carboxylic acids is 1. The summed E-state index contributed by atoms with van der Waals surface area (Å²) in [4.78, 5) is 21.6. The Labute approximate surface area is 96.4 Å². The van der Waals surface area contributed by atoms with E-state index in [2.05, 4.69) is 0 Å². The summed E-state index contributed by atoms with van der Waals surface area (Å²) in [6, 6.07) is 0.412. The fraction of sp³-hybridized carbons (Fsp3) is 0.818.